The second kappa shape index (κ2) is 6.36. The number of nitrogens with zero attached hydrogens (tertiary/aromatic N) is 1. The Morgan fingerprint density at radius 3 is 2.76 bits per heavy atom. The first kappa shape index (κ1) is 12.8. The Bertz CT molecular complexity index is 249. The Hall–Kier alpha value is -0.610. The minimum absolute atomic E-state index is 0.0516. The summed E-state index contributed by atoms with van der Waals surface area (Å²) in [6, 6.07) is 0.585. The number of likely N-dealkylation sites (tertiary alicyclic amines) is 1. The molecule has 1 amide bonds. The monoisotopic (exact) mass is 239 g/mol. The highest BCUT2D eigenvalue weighted by atomic mass is 16.2. The first-order valence-electron chi connectivity index (χ1n) is 7.05. The van der Waals surface area contributed by atoms with Gasteiger partial charge in [-0.2, -0.15) is 0 Å². The van der Waals surface area contributed by atoms with Gasteiger partial charge in [0.2, 0.25) is 5.91 Å². The molecule has 0 aromatic heterocycles. The van der Waals surface area contributed by atoms with E-state index in [4.69, 9.17) is 0 Å². The van der Waals surface area contributed by atoms with Crippen LogP contribution < -0.4 is 10.6 Å². The average molecular weight is 239 g/mol. The summed E-state index contributed by atoms with van der Waals surface area (Å²) in [5.74, 6) is 0.209. The van der Waals surface area contributed by atoms with Crippen LogP contribution in [0.4, 0.5) is 0 Å². The molecule has 1 unspecified atom stereocenters. The second-order valence-electron chi connectivity index (χ2n) is 5.21. The van der Waals surface area contributed by atoms with Gasteiger partial charge in [-0.1, -0.05) is 6.92 Å². The molecular weight excluding hydrogens is 214 g/mol. The molecule has 2 heterocycles. The zero-order chi connectivity index (χ0) is 12.1. The molecule has 2 aliphatic rings. The third kappa shape index (κ3) is 3.68. The van der Waals surface area contributed by atoms with E-state index in [2.05, 4.69) is 22.5 Å². The van der Waals surface area contributed by atoms with Gasteiger partial charge in [0.1, 0.15) is 0 Å². The zero-order valence-corrected chi connectivity index (χ0v) is 10.9. The fourth-order valence-electron chi connectivity index (χ4n) is 2.80. The highest BCUT2D eigenvalue weighted by Crippen LogP contribution is 2.13. The van der Waals surface area contributed by atoms with Gasteiger partial charge < -0.3 is 15.5 Å². The fraction of sp³-hybridized carbons (Fsp3) is 0.923. The number of rotatable bonds is 3. The van der Waals surface area contributed by atoms with Crippen molar-refractivity contribution in [1.82, 2.24) is 15.5 Å². The van der Waals surface area contributed by atoms with Gasteiger partial charge in [-0.05, 0) is 51.7 Å². The molecule has 0 aliphatic carbocycles. The van der Waals surface area contributed by atoms with Crippen molar-refractivity contribution in [2.75, 3.05) is 26.2 Å². The molecule has 0 radical (unpaired) electrons. The number of amides is 1. The molecule has 2 fully saturated rings. The summed E-state index contributed by atoms with van der Waals surface area (Å²) in [6.45, 7) is 6.56. The van der Waals surface area contributed by atoms with Gasteiger partial charge in [0.15, 0.2) is 0 Å². The summed E-state index contributed by atoms with van der Waals surface area (Å²) in [5.41, 5.74) is 0. The Balaban J connectivity index is 1.78. The fourth-order valence-corrected chi connectivity index (χ4v) is 2.80. The van der Waals surface area contributed by atoms with E-state index in [1.807, 2.05) is 0 Å². The molecule has 2 N–H and O–H groups in total. The Morgan fingerprint density at radius 2 is 2.06 bits per heavy atom. The van der Waals surface area contributed by atoms with E-state index < -0.39 is 0 Å². The van der Waals surface area contributed by atoms with Crippen LogP contribution in [0.15, 0.2) is 0 Å². The summed E-state index contributed by atoms with van der Waals surface area (Å²) in [4.78, 5) is 14.3. The summed E-state index contributed by atoms with van der Waals surface area (Å²) in [6.07, 6.45) is 5.64. The van der Waals surface area contributed by atoms with E-state index in [0.717, 1.165) is 32.4 Å². The van der Waals surface area contributed by atoms with Crippen molar-refractivity contribution < 1.29 is 4.79 Å². The molecule has 0 saturated carbocycles. The molecule has 0 aromatic rings. The number of carbonyl (C=O) groups is 1. The molecule has 17 heavy (non-hydrogen) atoms. The molecule has 2 aliphatic heterocycles. The number of nitrogens with one attached hydrogen (secondary N) is 2. The smallest absolute Gasteiger partial charge is 0.237 e. The molecule has 2 saturated heterocycles. The number of piperidine rings is 1. The number of hydrogen-bond acceptors (Lipinski definition) is 3. The Labute approximate surface area is 104 Å². The summed E-state index contributed by atoms with van der Waals surface area (Å²) < 4.78 is 0. The Morgan fingerprint density at radius 1 is 1.29 bits per heavy atom. The van der Waals surface area contributed by atoms with Gasteiger partial charge in [0.05, 0.1) is 6.04 Å². The van der Waals surface area contributed by atoms with Crippen LogP contribution in [0.2, 0.25) is 0 Å². The second-order valence-corrected chi connectivity index (χ2v) is 5.21. The maximum Gasteiger partial charge on any atom is 0.237 e. The van der Waals surface area contributed by atoms with E-state index in [1.165, 1.54) is 25.9 Å². The summed E-state index contributed by atoms with van der Waals surface area (Å²) >= 11 is 0. The summed E-state index contributed by atoms with van der Waals surface area (Å²) in [7, 11) is 0. The normalized spacial score (nSPS) is 28.8. The molecular formula is C13H25N3O. The van der Waals surface area contributed by atoms with Gasteiger partial charge in [-0.3, -0.25) is 4.79 Å². The summed E-state index contributed by atoms with van der Waals surface area (Å²) in [5, 5.41) is 6.55. The molecule has 0 bridgehead atoms. The van der Waals surface area contributed by atoms with Crippen molar-refractivity contribution in [2.24, 2.45) is 0 Å². The van der Waals surface area contributed by atoms with Crippen LogP contribution in [0.1, 0.15) is 39.0 Å². The molecule has 2 rings (SSSR count). The van der Waals surface area contributed by atoms with Crippen molar-refractivity contribution in [3.63, 3.8) is 0 Å². The number of carbonyl (C=O) groups excluding carboxylic acids is 1. The highest BCUT2D eigenvalue weighted by molar-refractivity contribution is 5.81. The van der Waals surface area contributed by atoms with Gasteiger partial charge in [0, 0.05) is 12.6 Å². The van der Waals surface area contributed by atoms with Gasteiger partial charge >= 0.3 is 0 Å². The molecule has 1 atom stereocenters. The van der Waals surface area contributed by atoms with Crippen molar-refractivity contribution in [1.29, 1.82) is 0 Å². The average Bonchev–Trinajstić information content (AvgIpc) is 2.56. The van der Waals surface area contributed by atoms with Crippen LogP contribution in [-0.4, -0.2) is 49.1 Å². The Kier molecular flexibility index (Phi) is 4.80. The third-order valence-electron chi connectivity index (χ3n) is 4.01. The largest absolute Gasteiger partial charge is 0.355 e. The lowest BCUT2D eigenvalue weighted by molar-refractivity contribution is -0.123. The van der Waals surface area contributed by atoms with Crippen LogP contribution in [0.5, 0.6) is 0 Å². The SMILES string of the molecule is CCN1CCC(NC2CCCCNC2=O)CC1. The predicted octanol–water partition coefficient (Wildman–Crippen LogP) is 0.729. The van der Waals surface area contributed by atoms with Crippen molar-refractivity contribution in [3.8, 4) is 0 Å². The van der Waals surface area contributed by atoms with Crippen molar-refractivity contribution >= 4 is 5.91 Å². The number of hydrogen-bond donors (Lipinski definition) is 2. The van der Waals surface area contributed by atoms with E-state index in [0.29, 0.717) is 6.04 Å². The molecule has 4 heteroatoms. The van der Waals surface area contributed by atoms with Crippen LogP contribution in [0, 0.1) is 0 Å². The molecule has 0 spiro atoms. The quantitative estimate of drug-likeness (QED) is 0.763. The van der Waals surface area contributed by atoms with Crippen molar-refractivity contribution in [2.45, 2.75) is 51.1 Å². The predicted molar refractivity (Wildman–Crippen MR) is 68.9 cm³/mol. The maximum atomic E-state index is 11.8. The highest BCUT2D eigenvalue weighted by Gasteiger charge is 2.25. The minimum atomic E-state index is 0.0516. The van der Waals surface area contributed by atoms with Crippen molar-refractivity contribution in [3.05, 3.63) is 0 Å². The molecule has 0 aromatic carbocycles. The van der Waals surface area contributed by atoms with Gasteiger partial charge in [-0.15, -0.1) is 0 Å². The lowest BCUT2D eigenvalue weighted by Crippen LogP contribution is -2.50. The molecule has 98 valence electrons. The maximum absolute atomic E-state index is 11.8. The topological polar surface area (TPSA) is 44.4 Å². The first-order chi connectivity index (χ1) is 8.29. The lowest BCUT2D eigenvalue weighted by Gasteiger charge is -2.33. The van der Waals surface area contributed by atoms with E-state index >= 15 is 0 Å². The van der Waals surface area contributed by atoms with Crippen LogP contribution in [-0.2, 0) is 4.79 Å². The first-order valence-corrected chi connectivity index (χ1v) is 7.05. The zero-order valence-electron chi connectivity index (χ0n) is 10.9. The van der Waals surface area contributed by atoms with Crippen LogP contribution in [0.25, 0.3) is 0 Å². The van der Waals surface area contributed by atoms with E-state index in [-0.39, 0.29) is 11.9 Å². The third-order valence-corrected chi connectivity index (χ3v) is 4.01. The van der Waals surface area contributed by atoms with Gasteiger partial charge in [-0.25, -0.2) is 0 Å². The molecule has 4 nitrogen and oxygen atoms in total. The van der Waals surface area contributed by atoms with Gasteiger partial charge in [0.25, 0.3) is 0 Å². The lowest BCUT2D eigenvalue weighted by atomic mass is 10.0. The minimum Gasteiger partial charge on any atom is -0.355 e. The van der Waals surface area contributed by atoms with Crippen LogP contribution >= 0.6 is 0 Å². The van der Waals surface area contributed by atoms with Crippen LogP contribution in [0.3, 0.4) is 0 Å². The standard InChI is InChI=1S/C13H25N3O/c1-2-16-9-6-11(7-10-16)15-12-5-3-4-8-14-13(12)17/h11-12,15H,2-10H2,1H3,(H,14,17). The van der Waals surface area contributed by atoms with E-state index in [1.54, 1.807) is 0 Å². The van der Waals surface area contributed by atoms with E-state index in [9.17, 15) is 4.79 Å².